The first kappa shape index (κ1) is 35.7. The molecular formula is C34H42F3N5O4S. The van der Waals surface area contributed by atoms with Gasteiger partial charge in [-0.05, 0) is 41.9 Å². The predicted octanol–water partition coefficient (Wildman–Crippen LogP) is 5.69. The molecule has 3 amide bonds. The van der Waals surface area contributed by atoms with Gasteiger partial charge in [0.2, 0.25) is 11.8 Å². The number of fused-ring (bicyclic) bond motifs is 3. The molecule has 1 aliphatic carbocycles. The standard InChI is InChI=1S/C34H42F3N5O4S/c1-5-19(3)26(29(38)47)40-31(44)33(16-15-25-23(17-33)22-13-10-14-24(28(22)39-25)34(35,36)37)42-30(43)27(20(4)6-2)41-32(45)46-18-21-11-8-7-9-12-21/h7-14,19-20,26-27,39H,5-6,15-18H2,1-4H3,(H2,38,47)(H,40,44)(H,41,45)(H,42,43)/t19?,20?,26-,27-,33+/m0/s1. The third-order valence-corrected chi connectivity index (χ3v) is 9.45. The average Bonchev–Trinajstić information content (AvgIpc) is 3.41. The monoisotopic (exact) mass is 673 g/mol. The molecule has 1 heterocycles. The number of H-pyrrole nitrogens is 1. The van der Waals surface area contributed by atoms with E-state index >= 15 is 0 Å². The number of aromatic amines is 1. The number of carbonyl (C=O) groups excluding carboxylic acids is 3. The number of hydrogen-bond donors (Lipinski definition) is 5. The van der Waals surface area contributed by atoms with E-state index in [1.165, 1.54) is 6.07 Å². The second-order valence-electron chi connectivity index (χ2n) is 12.4. The minimum Gasteiger partial charge on any atom is -0.445 e. The third kappa shape index (κ3) is 8.06. The van der Waals surface area contributed by atoms with E-state index in [0.717, 1.165) is 11.6 Å². The molecule has 1 aromatic heterocycles. The Balaban J connectivity index is 1.69. The number of para-hydroxylation sites is 1. The average molecular weight is 674 g/mol. The zero-order valence-electron chi connectivity index (χ0n) is 26.9. The Morgan fingerprint density at radius 2 is 1.66 bits per heavy atom. The molecule has 0 saturated carbocycles. The van der Waals surface area contributed by atoms with Crippen LogP contribution in [0.4, 0.5) is 18.0 Å². The number of alkyl carbamates (subject to hydrolysis) is 1. The summed E-state index contributed by atoms with van der Waals surface area (Å²) in [6, 6.07) is 11.2. The van der Waals surface area contributed by atoms with Crippen LogP contribution in [0.1, 0.15) is 69.3 Å². The molecule has 0 aliphatic heterocycles. The van der Waals surface area contributed by atoms with Gasteiger partial charge in [-0.3, -0.25) is 9.59 Å². The zero-order valence-corrected chi connectivity index (χ0v) is 27.7. The van der Waals surface area contributed by atoms with E-state index in [-0.39, 0.29) is 48.2 Å². The number of thiocarbonyl (C=S) groups is 1. The van der Waals surface area contributed by atoms with Gasteiger partial charge in [0, 0.05) is 17.5 Å². The molecule has 0 bridgehead atoms. The lowest BCUT2D eigenvalue weighted by atomic mass is 9.78. The molecule has 4 rings (SSSR count). The van der Waals surface area contributed by atoms with Crippen molar-refractivity contribution in [2.75, 3.05) is 0 Å². The molecular weight excluding hydrogens is 631 g/mol. The summed E-state index contributed by atoms with van der Waals surface area (Å²) in [5.74, 6) is -1.67. The summed E-state index contributed by atoms with van der Waals surface area (Å²) in [5, 5.41) is 8.83. The number of nitrogens with two attached hydrogens (primary N) is 1. The van der Waals surface area contributed by atoms with Gasteiger partial charge in [-0.25, -0.2) is 4.79 Å². The van der Waals surface area contributed by atoms with E-state index in [4.69, 9.17) is 22.7 Å². The summed E-state index contributed by atoms with van der Waals surface area (Å²) in [6.45, 7) is 7.46. The highest BCUT2D eigenvalue weighted by Gasteiger charge is 2.47. The highest BCUT2D eigenvalue weighted by molar-refractivity contribution is 7.80. The fraction of sp³-hybridized carbons (Fsp3) is 0.471. The van der Waals surface area contributed by atoms with Gasteiger partial charge in [0.25, 0.3) is 0 Å². The van der Waals surface area contributed by atoms with Crippen LogP contribution in [-0.2, 0) is 40.0 Å². The molecule has 1 aliphatic rings. The first-order chi connectivity index (χ1) is 22.2. The van der Waals surface area contributed by atoms with E-state index in [0.29, 0.717) is 29.5 Å². The Kier molecular flexibility index (Phi) is 11.2. The van der Waals surface area contributed by atoms with Crippen LogP contribution >= 0.6 is 12.2 Å². The van der Waals surface area contributed by atoms with Crippen LogP contribution in [0.15, 0.2) is 48.5 Å². The zero-order chi connectivity index (χ0) is 34.5. The Bertz CT molecular complexity index is 1610. The highest BCUT2D eigenvalue weighted by Crippen LogP contribution is 2.40. The van der Waals surface area contributed by atoms with Crippen LogP contribution < -0.4 is 21.7 Å². The van der Waals surface area contributed by atoms with Gasteiger partial charge in [0.15, 0.2) is 0 Å². The number of alkyl halides is 3. The second kappa shape index (κ2) is 14.7. The Hall–Kier alpha value is -4.13. The number of hydrogen-bond acceptors (Lipinski definition) is 5. The van der Waals surface area contributed by atoms with Gasteiger partial charge in [-0.2, -0.15) is 13.2 Å². The molecule has 254 valence electrons. The molecule has 6 N–H and O–H groups in total. The first-order valence-corrected chi connectivity index (χ1v) is 16.2. The molecule has 47 heavy (non-hydrogen) atoms. The molecule has 2 aromatic carbocycles. The summed E-state index contributed by atoms with van der Waals surface area (Å²) in [6.07, 6.45) is -4.09. The van der Waals surface area contributed by atoms with Gasteiger partial charge in [0.1, 0.15) is 18.2 Å². The lowest BCUT2D eigenvalue weighted by molar-refractivity contribution is -0.136. The van der Waals surface area contributed by atoms with E-state index in [1.54, 1.807) is 25.1 Å². The Labute approximate surface area is 277 Å². The summed E-state index contributed by atoms with van der Waals surface area (Å²) < 4.78 is 47.1. The lowest BCUT2D eigenvalue weighted by Gasteiger charge is -2.39. The maximum Gasteiger partial charge on any atom is 0.418 e. The number of aromatic nitrogens is 1. The van der Waals surface area contributed by atoms with Crippen LogP contribution in [0.25, 0.3) is 10.9 Å². The minimum absolute atomic E-state index is 0.00683. The SMILES string of the molecule is CCC(C)[C@H](NC(=O)OCc1ccccc1)C(=O)N[C@]1(C(=O)N[C@H](C(N)=S)C(C)CC)CCc2[nH]c3c(C(F)(F)F)cccc3c2C1. The fourth-order valence-corrected chi connectivity index (χ4v) is 6.27. The third-order valence-electron chi connectivity index (χ3n) is 9.20. The number of amides is 3. The van der Waals surface area contributed by atoms with Crippen molar-refractivity contribution >= 4 is 46.0 Å². The normalized spacial score (nSPS) is 18.7. The number of nitrogens with one attached hydrogen (secondary N) is 4. The molecule has 0 spiro atoms. The van der Waals surface area contributed by atoms with Gasteiger partial charge < -0.3 is 31.4 Å². The van der Waals surface area contributed by atoms with Crippen molar-refractivity contribution in [1.29, 1.82) is 0 Å². The van der Waals surface area contributed by atoms with Crippen LogP contribution in [-0.4, -0.2) is 45.5 Å². The molecule has 9 nitrogen and oxygen atoms in total. The van der Waals surface area contributed by atoms with Crippen molar-refractivity contribution in [3.05, 3.63) is 70.9 Å². The number of benzene rings is 2. The summed E-state index contributed by atoms with van der Waals surface area (Å²) in [5.41, 5.74) is 5.35. The van der Waals surface area contributed by atoms with Gasteiger partial charge in [-0.15, -0.1) is 0 Å². The maximum absolute atomic E-state index is 14.3. The van der Waals surface area contributed by atoms with Crippen LogP contribution in [0.3, 0.4) is 0 Å². The molecule has 0 radical (unpaired) electrons. The minimum atomic E-state index is -4.60. The molecule has 5 atom stereocenters. The van der Waals surface area contributed by atoms with E-state index in [1.807, 2.05) is 39.0 Å². The summed E-state index contributed by atoms with van der Waals surface area (Å²) in [7, 11) is 0. The van der Waals surface area contributed by atoms with E-state index in [2.05, 4.69) is 20.9 Å². The van der Waals surface area contributed by atoms with Gasteiger partial charge in [-0.1, -0.05) is 95.2 Å². The Morgan fingerprint density at radius 1 is 1.00 bits per heavy atom. The number of rotatable bonds is 12. The largest absolute Gasteiger partial charge is 0.445 e. The smallest absolute Gasteiger partial charge is 0.418 e. The summed E-state index contributed by atoms with van der Waals surface area (Å²) in [4.78, 5) is 44.2. The van der Waals surface area contributed by atoms with E-state index < -0.39 is 47.3 Å². The quantitative estimate of drug-likeness (QED) is 0.157. The van der Waals surface area contributed by atoms with Gasteiger partial charge >= 0.3 is 12.3 Å². The first-order valence-electron chi connectivity index (χ1n) is 15.8. The topological polar surface area (TPSA) is 138 Å². The number of halogens is 3. The fourth-order valence-electron chi connectivity index (χ4n) is 5.98. The lowest BCUT2D eigenvalue weighted by Crippen LogP contribution is -2.67. The van der Waals surface area contributed by atoms with Crippen LogP contribution in [0.2, 0.25) is 0 Å². The molecule has 0 fully saturated rings. The van der Waals surface area contributed by atoms with Crippen molar-refractivity contribution in [3.8, 4) is 0 Å². The van der Waals surface area contributed by atoms with Crippen molar-refractivity contribution < 1.29 is 32.3 Å². The second-order valence-corrected chi connectivity index (χ2v) is 12.8. The number of carbonyl (C=O) groups is 3. The van der Waals surface area contributed by atoms with Crippen LogP contribution in [0, 0.1) is 11.8 Å². The number of aryl methyl sites for hydroxylation is 1. The van der Waals surface area contributed by atoms with Crippen molar-refractivity contribution in [3.63, 3.8) is 0 Å². The predicted molar refractivity (Wildman–Crippen MR) is 177 cm³/mol. The number of ether oxygens (including phenoxy) is 1. The van der Waals surface area contributed by atoms with Crippen molar-refractivity contribution in [2.45, 2.75) is 90.2 Å². The van der Waals surface area contributed by atoms with E-state index in [9.17, 15) is 27.6 Å². The molecule has 3 aromatic rings. The van der Waals surface area contributed by atoms with Gasteiger partial charge in [0.05, 0.1) is 22.1 Å². The highest BCUT2D eigenvalue weighted by atomic mass is 32.1. The molecule has 13 heteroatoms. The maximum atomic E-state index is 14.3. The van der Waals surface area contributed by atoms with Crippen molar-refractivity contribution in [2.24, 2.45) is 17.6 Å². The molecule has 2 unspecified atom stereocenters. The van der Waals surface area contributed by atoms with Crippen LogP contribution in [0.5, 0.6) is 0 Å². The summed E-state index contributed by atoms with van der Waals surface area (Å²) >= 11 is 5.27. The van der Waals surface area contributed by atoms with Crippen molar-refractivity contribution in [1.82, 2.24) is 20.9 Å². The molecule has 0 saturated heterocycles. The Morgan fingerprint density at radius 3 is 2.28 bits per heavy atom.